The van der Waals surface area contributed by atoms with Gasteiger partial charge in [-0.1, -0.05) is 11.6 Å². The van der Waals surface area contributed by atoms with Crippen LogP contribution in [0.1, 0.15) is 58.1 Å². The van der Waals surface area contributed by atoms with E-state index < -0.39 is 23.4 Å². The summed E-state index contributed by atoms with van der Waals surface area (Å²) in [6, 6.07) is 0.442. The highest BCUT2D eigenvalue weighted by atomic mass is 19.4. The average molecular weight is 417 g/mol. The van der Waals surface area contributed by atoms with Crippen molar-refractivity contribution in [3.63, 3.8) is 0 Å². The number of nitrogens with one attached hydrogen (secondary N) is 3. The van der Waals surface area contributed by atoms with Crippen LogP contribution in [-0.2, 0) is 22.3 Å². The van der Waals surface area contributed by atoms with Crippen LogP contribution in [0.2, 0.25) is 0 Å². The zero-order valence-electron chi connectivity index (χ0n) is 16.6. The summed E-state index contributed by atoms with van der Waals surface area (Å²) in [7, 11) is 0. The number of aromatic nitrogens is 3. The quantitative estimate of drug-likeness (QED) is 0.546. The van der Waals surface area contributed by atoms with E-state index >= 15 is 0 Å². The van der Waals surface area contributed by atoms with Crippen molar-refractivity contribution in [1.82, 2.24) is 25.8 Å². The number of H-pyrrole nitrogens is 1. The van der Waals surface area contributed by atoms with Gasteiger partial charge in [0.15, 0.2) is 0 Å². The molecule has 0 aromatic carbocycles. The van der Waals surface area contributed by atoms with E-state index in [0.717, 1.165) is 31.8 Å². The Morgan fingerprint density at radius 1 is 1.31 bits per heavy atom. The molecule has 3 rings (SSSR count). The molecule has 3 atom stereocenters. The summed E-state index contributed by atoms with van der Waals surface area (Å²) in [5.74, 6) is -2.21. The molecule has 0 unspecified atom stereocenters. The minimum atomic E-state index is -4.60. The van der Waals surface area contributed by atoms with Gasteiger partial charge in [0.2, 0.25) is 5.91 Å². The van der Waals surface area contributed by atoms with Crippen molar-refractivity contribution in [3.05, 3.63) is 23.3 Å². The van der Waals surface area contributed by atoms with Gasteiger partial charge in [-0.25, -0.2) is 4.98 Å². The minimum absolute atomic E-state index is 0.00541. The van der Waals surface area contributed by atoms with Gasteiger partial charge in [0.25, 0.3) is 11.8 Å². The SMILES string of the molecule is CC(=O)O.CC(C)=CC[C@@]1(C(=O)NCc2nc(C(F)(F)F)n[nH]2)C[C@@H]2CC[C@H]1N2. The Kier molecular flexibility index (Phi) is 7.04. The van der Waals surface area contributed by atoms with E-state index in [1.165, 1.54) is 0 Å². The Labute approximate surface area is 166 Å². The lowest BCUT2D eigenvalue weighted by Crippen LogP contribution is -2.48. The zero-order chi connectivity index (χ0) is 21.8. The third-order valence-corrected chi connectivity index (χ3v) is 5.05. The molecule has 1 amide bonds. The number of carbonyl (C=O) groups is 2. The summed E-state index contributed by atoms with van der Waals surface area (Å²) < 4.78 is 37.6. The maximum atomic E-state index is 12.9. The summed E-state index contributed by atoms with van der Waals surface area (Å²) >= 11 is 0. The first-order valence-corrected chi connectivity index (χ1v) is 9.30. The Balaban J connectivity index is 0.000000687. The predicted octanol–water partition coefficient (Wildman–Crippen LogP) is 2.40. The van der Waals surface area contributed by atoms with Crippen molar-refractivity contribution >= 4 is 11.9 Å². The standard InChI is InChI=1S/C16H22F3N5O.C2H4O2/c1-9(2)5-6-15(7-10-3-4-11(15)21-10)14(25)20-8-12-22-13(24-23-12)16(17,18)19;1-2(3)4/h5,10-11,21H,3-4,6-8H2,1-2H3,(H,20,25)(H,22,23,24);1H3,(H,3,4)/t10-,11+,15+;/m0./s1. The second kappa shape index (κ2) is 8.93. The smallest absolute Gasteiger partial charge is 0.453 e. The zero-order valence-corrected chi connectivity index (χ0v) is 16.6. The second-order valence-corrected chi connectivity index (χ2v) is 7.64. The number of halogens is 3. The Bertz CT molecular complexity index is 769. The van der Waals surface area contributed by atoms with Gasteiger partial charge < -0.3 is 15.7 Å². The van der Waals surface area contributed by atoms with Crippen LogP contribution in [0, 0.1) is 5.41 Å². The highest BCUT2D eigenvalue weighted by Crippen LogP contribution is 2.46. The number of alkyl halides is 3. The van der Waals surface area contributed by atoms with Crippen molar-refractivity contribution in [2.75, 3.05) is 0 Å². The fourth-order valence-electron chi connectivity index (χ4n) is 3.79. The number of hydrogen-bond donors (Lipinski definition) is 4. The molecule has 11 heteroatoms. The highest BCUT2D eigenvalue weighted by molar-refractivity contribution is 5.84. The van der Waals surface area contributed by atoms with E-state index in [9.17, 15) is 18.0 Å². The number of amides is 1. The molecule has 0 spiro atoms. The van der Waals surface area contributed by atoms with Crippen molar-refractivity contribution in [2.45, 2.75) is 71.3 Å². The lowest BCUT2D eigenvalue weighted by molar-refractivity contribution is -0.144. The number of aromatic amines is 1. The lowest BCUT2D eigenvalue weighted by atomic mass is 9.70. The first-order chi connectivity index (χ1) is 13.4. The Morgan fingerprint density at radius 3 is 2.41 bits per heavy atom. The summed E-state index contributed by atoms with van der Waals surface area (Å²) in [4.78, 5) is 25.3. The summed E-state index contributed by atoms with van der Waals surface area (Å²) in [6.07, 6.45) is 0.827. The number of hydrogen-bond acceptors (Lipinski definition) is 5. The van der Waals surface area contributed by atoms with Gasteiger partial charge in [-0.3, -0.25) is 14.7 Å². The molecule has 1 aromatic heterocycles. The van der Waals surface area contributed by atoms with Gasteiger partial charge >= 0.3 is 6.18 Å². The molecule has 2 fully saturated rings. The molecule has 3 heterocycles. The number of aliphatic carboxylic acids is 1. The fraction of sp³-hybridized carbons (Fsp3) is 0.667. The van der Waals surface area contributed by atoms with Crippen LogP contribution in [0.5, 0.6) is 0 Å². The molecule has 162 valence electrons. The second-order valence-electron chi connectivity index (χ2n) is 7.64. The van der Waals surface area contributed by atoms with Crippen LogP contribution in [0.3, 0.4) is 0 Å². The van der Waals surface area contributed by atoms with Crippen LogP contribution in [-0.4, -0.2) is 44.2 Å². The molecule has 2 aliphatic heterocycles. The van der Waals surface area contributed by atoms with Gasteiger partial charge in [-0.15, -0.1) is 5.10 Å². The monoisotopic (exact) mass is 417 g/mol. The molecule has 2 saturated heterocycles. The van der Waals surface area contributed by atoms with E-state index in [-0.39, 0.29) is 24.3 Å². The number of carboxylic acids is 1. The molecule has 0 radical (unpaired) electrons. The largest absolute Gasteiger partial charge is 0.481 e. The summed E-state index contributed by atoms with van der Waals surface area (Å²) in [5.41, 5.74) is 0.590. The molecule has 0 aliphatic carbocycles. The number of allylic oxidation sites excluding steroid dienone is 2. The number of carbonyl (C=O) groups excluding carboxylic acids is 1. The van der Waals surface area contributed by atoms with E-state index in [1.54, 1.807) is 0 Å². The molecule has 0 saturated carbocycles. The van der Waals surface area contributed by atoms with Crippen molar-refractivity contribution in [3.8, 4) is 0 Å². The molecule has 8 nitrogen and oxygen atoms in total. The van der Waals surface area contributed by atoms with Gasteiger partial charge in [0.1, 0.15) is 5.82 Å². The van der Waals surface area contributed by atoms with Crippen molar-refractivity contribution in [1.29, 1.82) is 0 Å². The Hall–Kier alpha value is -2.43. The number of fused-ring (bicyclic) bond motifs is 2. The van der Waals surface area contributed by atoms with E-state index in [2.05, 4.69) is 31.9 Å². The third kappa shape index (κ3) is 5.78. The molecule has 1 aromatic rings. The van der Waals surface area contributed by atoms with Crippen molar-refractivity contribution in [2.24, 2.45) is 5.41 Å². The topological polar surface area (TPSA) is 120 Å². The molecule has 29 heavy (non-hydrogen) atoms. The van der Waals surface area contributed by atoms with E-state index in [1.807, 2.05) is 13.8 Å². The molecular formula is C18H26F3N5O3. The normalized spacial score (nSPS) is 25.2. The molecular weight excluding hydrogens is 391 g/mol. The summed E-state index contributed by atoms with van der Waals surface area (Å²) in [6.45, 7) is 4.95. The summed E-state index contributed by atoms with van der Waals surface area (Å²) in [5, 5.41) is 19.0. The predicted molar refractivity (Wildman–Crippen MR) is 97.6 cm³/mol. The maximum absolute atomic E-state index is 12.9. The fourth-order valence-corrected chi connectivity index (χ4v) is 3.79. The third-order valence-electron chi connectivity index (χ3n) is 5.05. The maximum Gasteiger partial charge on any atom is 0.453 e. The van der Waals surface area contributed by atoms with Crippen LogP contribution in [0.25, 0.3) is 0 Å². The number of rotatable bonds is 5. The van der Waals surface area contributed by atoms with Crippen LogP contribution >= 0.6 is 0 Å². The van der Waals surface area contributed by atoms with Crippen molar-refractivity contribution < 1.29 is 27.9 Å². The van der Waals surface area contributed by atoms with Crippen LogP contribution < -0.4 is 10.6 Å². The van der Waals surface area contributed by atoms with Gasteiger partial charge in [0, 0.05) is 19.0 Å². The average Bonchev–Trinajstić information content (AvgIpc) is 3.32. The lowest BCUT2D eigenvalue weighted by Gasteiger charge is -2.34. The molecule has 2 bridgehead atoms. The first kappa shape index (κ1) is 22.9. The van der Waals surface area contributed by atoms with Gasteiger partial charge in [-0.2, -0.15) is 13.2 Å². The number of nitrogens with zero attached hydrogens (tertiary/aromatic N) is 2. The molecule has 2 aliphatic rings. The number of carboxylic acid groups (broad SMARTS) is 1. The van der Waals surface area contributed by atoms with E-state index in [0.29, 0.717) is 12.5 Å². The van der Waals surface area contributed by atoms with Crippen LogP contribution in [0.4, 0.5) is 13.2 Å². The van der Waals surface area contributed by atoms with Gasteiger partial charge in [0.05, 0.1) is 12.0 Å². The molecule has 4 N–H and O–H groups in total. The first-order valence-electron chi connectivity index (χ1n) is 9.30. The minimum Gasteiger partial charge on any atom is -0.481 e. The van der Waals surface area contributed by atoms with Gasteiger partial charge in [-0.05, 0) is 39.5 Å². The Morgan fingerprint density at radius 2 is 1.97 bits per heavy atom. The highest BCUT2D eigenvalue weighted by Gasteiger charge is 2.54. The van der Waals surface area contributed by atoms with Crippen LogP contribution in [0.15, 0.2) is 11.6 Å². The van der Waals surface area contributed by atoms with E-state index in [4.69, 9.17) is 9.90 Å².